The van der Waals surface area contributed by atoms with Gasteiger partial charge in [-0.25, -0.2) is 0 Å². The Morgan fingerprint density at radius 3 is 2.16 bits per heavy atom. The zero-order valence-corrected chi connectivity index (χ0v) is 10.9. The molecular weight excluding hydrogens is 240 g/mol. The van der Waals surface area contributed by atoms with E-state index in [-0.39, 0.29) is 23.3 Å². The Balaban J connectivity index is 2.17. The second-order valence-electron chi connectivity index (χ2n) is 4.70. The zero-order valence-electron chi connectivity index (χ0n) is 10.9. The average molecular weight is 256 g/mol. The summed E-state index contributed by atoms with van der Waals surface area (Å²) < 4.78 is 0. The van der Waals surface area contributed by atoms with Crippen LogP contribution >= 0.6 is 0 Å². The molecule has 2 aliphatic carbocycles. The lowest BCUT2D eigenvalue weighted by Crippen LogP contribution is -2.19. The fraction of sp³-hybridized carbons (Fsp3) is 0.312. The molecule has 0 aromatic rings. The van der Waals surface area contributed by atoms with E-state index >= 15 is 0 Å². The number of Topliss-reactive ketones (excluding diaryl/α,β-unsaturated/α-hetero) is 1. The van der Waals surface area contributed by atoms with Crippen molar-refractivity contribution in [2.75, 3.05) is 0 Å². The largest absolute Gasteiger partial charge is 0.295 e. The van der Waals surface area contributed by atoms with Crippen LogP contribution < -0.4 is 0 Å². The molecule has 0 saturated heterocycles. The van der Waals surface area contributed by atoms with E-state index in [1.807, 2.05) is 13.0 Å². The van der Waals surface area contributed by atoms with Gasteiger partial charge < -0.3 is 0 Å². The Morgan fingerprint density at radius 2 is 1.68 bits per heavy atom. The molecule has 2 aliphatic rings. The second-order valence-corrected chi connectivity index (χ2v) is 4.70. The Hall–Kier alpha value is -2.03. The highest BCUT2D eigenvalue weighted by Crippen LogP contribution is 2.25. The number of hydrogen-bond donors (Lipinski definition) is 0. The molecule has 1 atom stereocenters. The molecule has 0 heterocycles. The van der Waals surface area contributed by atoms with Crippen molar-refractivity contribution < 1.29 is 14.4 Å². The van der Waals surface area contributed by atoms with Crippen LogP contribution in [0.3, 0.4) is 0 Å². The smallest absolute Gasteiger partial charge is 0.169 e. The second kappa shape index (κ2) is 5.74. The van der Waals surface area contributed by atoms with E-state index in [1.54, 1.807) is 18.2 Å². The Labute approximate surface area is 112 Å². The van der Waals surface area contributed by atoms with Crippen LogP contribution in [0.25, 0.3) is 0 Å². The average Bonchev–Trinajstić information content (AvgIpc) is 2.42. The van der Waals surface area contributed by atoms with Gasteiger partial charge in [0.2, 0.25) is 0 Å². The lowest BCUT2D eigenvalue weighted by atomic mass is 9.84. The summed E-state index contributed by atoms with van der Waals surface area (Å²) >= 11 is 0. The quantitative estimate of drug-likeness (QED) is 0.776. The lowest BCUT2D eigenvalue weighted by molar-refractivity contribution is -0.118. The van der Waals surface area contributed by atoms with Crippen molar-refractivity contribution >= 4 is 17.3 Å². The molecule has 1 unspecified atom stereocenters. The summed E-state index contributed by atoms with van der Waals surface area (Å²) in [6.07, 6.45) is 11.2. The molecule has 19 heavy (non-hydrogen) atoms. The Kier molecular flexibility index (Phi) is 4.05. The van der Waals surface area contributed by atoms with Crippen molar-refractivity contribution in [3.05, 3.63) is 47.6 Å². The van der Waals surface area contributed by atoms with Gasteiger partial charge in [0.25, 0.3) is 0 Å². The van der Waals surface area contributed by atoms with E-state index in [0.717, 1.165) is 5.57 Å². The molecule has 0 fully saturated rings. The van der Waals surface area contributed by atoms with Crippen LogP contribution in [0.15, 0.2) is 47.6 Å². The molecular formula is C16H16O3. The summed E-state index contributed by atoms with van der Waals surface area (Å²) in [5, 5.41) is 0. The van der Waals surface area contributed by atoms with Gasteiger partial charge in [-0.2, -0.15) is 0 Å². The van der Waals surface area contributed by atoms with Gasteiger partial charge in [-0.05, 0) is 30.2 Å². The predicted molar refractivity (Wildman–Crippen MR) is 72.5 cm³/mol. The zero-order chi connectivity index (χ0) is 13.8. The predicted octanol–water partition coefficient (Wildman–Crippen LogP) is 2.49. The molecule has 98 valence electrons. The molecule has 2 rings (SSSR count). The summed E-state index contributed by atoms with van der Waals surface area (Å²) in [5.41, 5.74) is 1.50. The molecule has 0 saturated carbocycles. The van der Waals surface area contributed by atoms with Crippen molar-refractivity contribution in [3.63, 3.8) is 0 Å². The van der Waals surface area contributed by atoms with Gasteiger partial charge in [-0.1, -0.05) is 25.2 Å². The summed E-state index contributed by atoms with van der Waals surface area (Å²) in [7, 11) is 0. The standard InChI is InChI=1S/C16H16O3/c1-2-15(11-3-7-13(17)8-4-11)16(19)12-5-9-14(18)10-6-12/h3-7,9,15H,2,8,10H2,1H3. The lowest BCUT2D eigenvalue weighted by Gasteiger charge is -2.18. The highest BCUT2D eigenvalue weighted by Gasteiger charge is 2.24. The first-order chi connectivity index (χ1) is 9.11. The first-order valence-electron chi connectivity index (χ1n) is 6.48. The summed E-state index contributed by atoms with van der Waals surface area (Å²) in [4.78, 5) is 34.7. The fourth-order valence-electron chi connectivity index (χ4n) is 2.29. The van der Waals surface area contributed by atoms with E-state index in [2.05, 4.69) is 0 Å². The van der Waals surface area contributed by atoms with Gasteiger partial charge in [-0.3, -0.25) is 14.4 Å². The minimum atomic E-state index is -0.228. The summed E-state index contributed by atoms with van der Waals surface area (Å²) in [6.45, 7) is 1.95. The monoisotopic (exact) mass is 256 g/mol. The van der Waals surface area contributed by atoms with Gasteiger partial charge in [0.1, 0.15) is 0 Å². The van der Waals surface area contributed by atoms with Crippen molar-refractivity contribution in [1.29, 1.82) is 0 Å². The van der Waals surface area contributed by atoms with Gasteiger partial charge in [0.05, 0.1) is 0 Å². The molecule has 3 nitrogen and oxygen atoms in total. The topological polar surface area (TPSA) is 51.2 Å². The van der Waals surface area contributed by atoms with Crippen molar-refractivity contribution in [2.45, 2.75) is 26.2 Å². The Morgan fingerprint density at radius 1 is 1.05 bits per heavy atom. The molecule has 0 aromatic carbocycles. The van der Waals surface area contributed by atoms with Crippen LogP contribution in [-0.4, -0.2) is 17.3 Å². The van der Waals surface area contributed by atoms with E-state index in [0.29, 0.717) is 24.8 Å². The first kappa shape index (κ1) is 13.4. The molecule has 0 N–H and O–H groups in total. The molecule has 0 aliphatic heterocycles. The maximum atomic E-state index is 12.4. The number of carbonyl (C=O) groups is 3. The summed E-state index contributed by atoms with van der Waals surface area (Å²) in [6, 6.07) is 0. The van der Waals surface area contributed by atoms with E-state index in [4.69, 9.17) is 0 Å². The number of ketones is 3. The Bertz CT molecular complexity index is 544. The van der Waals surface area contributed by atoms with E-state index in [9.17, 15) is 14.4 Å². The van der Waals surface area contributed by atoms with Gasteiger partial charge in [-0.15, -0.1) is 0 Å². The molecule has 0 radical (unpaired) electrons. The normalized spacial score (nSPS) is 20.1. The third-order valence-electron chi connectivity index (χ3n) is 3.38. The molecule has 0 spiro atoms. The van der Waals surface area contributed by atoms with Crippen LogP contribution in [0, 0.1) is 5.92 Å². The third kappa shape index (κ3) is 3.05. The molecule has 0 amide bonds. The fourth-order valence-corrected chi connectivity index (χ4v) is 2.29. The van der Waals surface area contributed by atoms with E-state index < -0.39 is 0 Å². The minimum Gasteiger partial charge on any atom is -0.295 e. The van der Waals surface area contributed by atoms with Crippen LogP contribution in [-0.2, 0) is 14.4 Å². The number of carbonyl (C=O) groups excluding carboxylic acids is 3. The maximum Gasteiger partial charge on any atom is 0.169 e. The van der Waals surface area contributed by atoms with Crippen LogP contribution in [0.5, 0.6) is 0 Å². The molecule has 3 heteroatoms. The van der Waals surface area contributed by atoms with E-state index in [1.165, 1.54) is 12.2 Å². The maximum absolute atomic E-state index is 12.4. The van der Waals surface area contributed by atoms with Crippen molar-refractivity contribution in [1.82, 2.24) is 0 Å². The summed E-state index contributed by atoms with van der Waals surface area (Å²) in [5.74, 6) is -0.120. The number of rotatable bonds is 4. The third-order valence-corrected chi connectivity index (χ3v) is 3.38. The van der Waals surface area contributed by atoms with Crippen LogP contribution in [0.4, 0.5) is 0 Å². The van der Waals surface area contributed by atoms with Gasteiger partial charge >= 0.3 is 0 Å². The van der Waals surface area contributed by atoms with Gasteiger partial charge in [0, 0.05) is 24.3 Å². The minimum absolute atomic E-state index is 0.0203. The first-order valence-corrected chi connectivity index (χ1v) is 6.48. The van der Waals surface area contributed by atoms with Crippen molar-refractivity contribution in [2.24, 2.45) is 5.92 Å². The van der Waals surface area contributed by atoms with Gasteiger partial charge in [0.15, 0.2) is 17.3 Å². The SMILES string of the molecule is CCC(C(=O)C1=CCC(=O)C=C1)C1=CCC(=O)C=C1. The van der Waals surface area contributed by atoms with Crippen LogP contribution in [0.2, 0.25) is 0 Å². The van der Waals surface area contributed by atoms with Crippen molar-refractivity contribution in [3.8, 4) is 0 Å². The number of hydrogen-bond acceptors (Lipinski definition) is 3. The molecule has 0 bridgehead atoms. The highest BCUT2D eigenvalue weighted by molar-refractivity contribution is 6.06. The number of allylic oxidation sites excluding steroid dienone is 8. The highest BCUT2D eigenvalue weighted by atomic mass is 16.1. The van der Waals surface area contributed by atoms with Crippen LogP contribution in [0.1, 0.15) is 26.2 Å². The molecule has 0 aromatic heterocycles.